The summed E-state index contributed by atoms with van der Waals surface area (Å²) >= 11 is 2.06. The molecule has 0 bridgehead atoms. The third kappa shape index (κ3) is 3.94. The van der Waals surface area contributed by atoms with Crippen LogP contribution in [0.1, 0.15) is 29.9 Å². The molecule has 0 atom stereocenters. The average molecular weight is 457 g/mol. The number of aryl methyl sites for hydroxylation is 1. The molecule has 1 aromatic carbocycles. The number of anilines is 1. The first-order chi connectivity index (χ1) is 11.7. The summed E-state index contributed by atoms with van der Waals surface area (Å²) < 4.78 is 6.34. The van der Waals surface area contributed by atoms with Crippen molar-refractivity contribution in [3.05, 3.63) is 29.5 Å². The molecule has 0 radical (unpaired) electrons. The average Bonchev–Trinajstić information content (AvgIpc) is 2.52. The molecule has 1 amide bonds. The van der Waals surface area contributed by atoms with Crippen LogP contribution in [0.3, 0.4) is 0 Å². The van der Waals surface area contributed by atoms with Crippen LogP contribution in [0.15, 0.2) is 18.2 Å². The van der Waals surface area contributed by atoms with Gasteiger partial charge in [0, 0.05) is 0 Å². The fraction of sp³-hybridized carbons (Fsp3) is 0.353. The van der Waals surface area contributed by atoms with Crippen molar-refractivity contribution >= 4 is 51.1 Å². The minimum Gasteiger partial charge on any atom is -0.492 e. The van der Waals surface area contributed by atoms with Gasteiger partial charge in [0.15, 0.2) is 0 Å². The van der Waals surface area contributed by atoms with Crippen LogP contribution in [0.2, 0.25) is 0 Å². The third-order valence-electron chi connectivity index (χ3n) is 3.84. The van der Waals surface area contributed by atoms with Gasteiger partial charge in [-0.1, -0.05) is 28.7 Å². The van der Waals surface area contributed by atoms with E-state index in [1.807, 2.05) is 0 Å². The van der Waals surface area contributed by atoms with Gasteiger partial charge in [-0.2, -0.15) is 0 Å². The Balaban J connectivity index is 2.44. The lowest BCUT2D eigenvalue weighted by molar-refractivity contribution is -0.130. The molecular weight excluding hydrogens is 437 g/mol. The van der Waals surface area contributed by atoms with Gasteiger partial charge in [0.25, 0.3) is 0 Å². The number of nitrogens with zero attached hydrogens (tertiary/aromatic N) is 1. The van der Waals surface area contributed by atoms with Crippen molar-refractivity contribution in [1.29, 1.82) is 0 Å². The SMILES string of the molecule is Cc1nc2cccc(OCC(C)(C)C(=O)NCI)c2c(N)c1C(=O)O. The summed E-state index contributed by atoms with van der Waals surface area (Å²) in [7, 11) is 0. The van der Waals surface area contributed by atoms with E-state index in [0.29, 0.717) is 26.9 Å². The number of nitrogen functional groups attached to an aromatic ring is 1. The number of carbonyl (C=O) groups is 2. The Kier molecular flexibility index (Phi) is 5.71. The van der Waals surface area contributed by atoms with Crippen LogP contribution < -0.4 is 15.8 Å². The van der Waals surface area contributed by atoms with Gasteiger partial charge in [-0.25, -0.2) is 4.79 Å². The Labute approximate surface area is 159 Å². The highest BCUT2D eigenvalue weighted by molar-refractivity contribution is 14.1. The number of fused-ring (bicyclic) bond motifs is 1. The zero-order chi connectivity index (χ0) is 18.8. The molecule has 0 aliphatic rings. The summed E-state index contributed by atoms with van der Waals surface area (Å²) in [5.74, 6) is -0.864. The normalized spacial score (nSPS) is 11.4. The van der Waals surface area contributed by atoms with Crippen LogP contribution in [-0.4, -0.2) is 33.1 Å². The predicted molar refractivity (Wildman–Crippen MR) is 104 cm³/mol. The van der Waals surface area contributed by atoms with Crippen LogP contribution in [0, 0.1) is 12.3 Å². The highest BCUT2D eigenvalue weighted by atomic mass is 127. The lowest BCUT2D eigenvalue weighted by atomic mass is 9.93. The van der Waals surface area contributed by atoms with Crippen LogP contribution >= 0.6 is 22.6 Å². The van der Waals surface area contributed by atoms with E-state index in [2.05, 4.69) is 32.9 Å². The van der Waals surface area contributed by atoms with Crippen LogP contribution in [0.25, 0.3) is 10.9 Å². The molecule has 0 aliphatic heterocycles. The number of ether oxygens (including phenoxy) is 1. The number of rotatable bonds is 6. The number of hydrogen-bond donors (Lipinski definition) is 3. The molecule has 25 heavy (non-hydrogen) atoms. The lowest BCUT2D eigenvalue weighted by Gasteiger charge is -2.24. The number of halogens is 1. The highest BCUT2D eigenvalue weighted by Crippen LogP contribution is 2.34. The largest absolute Gasteiger partial charge is 0.492 e. The fourth-order valence-corrected chi connectivity index (χ4v) is 2.80. The molecule has 1 heterocycles. The van der Waals surface area contributed by atoms with Crippen molar-refractivity contribution < 1.29 is 19.4 Å². The highest BCUT2D eigenvalue weighted by Gasteiger charge is 2.29. The number of aromatic nitrogens is 1. The fourth-order valence-electron chi connectivity index (χ4n) is 2.45. The zero-order valence-corrected chi connectivity index (χ0v) is 16.4. The zero-order valence-electron chi connectivity index (χ0n) is 14.2. The number of nitrogens with one attached hydrogen (secondary N) is 1. The molecule has 8 heteroatoms. The summed E-state index contributed by atoms with van der Waals surface area (Å²) in [4.78, 5) is 27.9. The van der Waals surface area contributed by atoms with Crippen molar-refractivity contribution in [3.8, 4) is 5.75 Å². The summed E-state index contributed by atoms with van der Waals surface area (Å²) in [6.45, 7) is 5.26. The molecule has 2 rings (SSSR count). The second-order valence-electron chi connectivity index (χ2n) is 6.25. The van der Waals surface area contributed by atoms with Gasteiger partial charge in [-0.15, -0.1) is 0 Å². The van der Waals surface area contributed by atoms with Gasteiger partial charge >= 0.3 is 5.97 Å². The van der Waals surface area contributed by atoms with E-state index >= 15 is 0 Å². The molecule has 2 aromatic rings. The lowest BCUT2D eigenvalue weighted by Crippen LogP contribution is -2.40. The molecule has 4 N–H and O–H groups in total. The number of amides is 1. The molecule has 134 valence electrons. The summed E-state index contributed by atoms with van der Waals surface area (Å²) in [6, 6.07) is 5.18. The van der Waals surface area contributed by atoms with E-state index in [4.69, 9.17) is 10.5 Å². The summed E-state index contributed by atoms with van der Waals surface area (Å²) in [5.41, 5.74) is 6.30. The van der Waals surface area contributed by atoms with Crippen LogP contribution in [0.4, 0.5) is 5.69 Å². The molecule has 1 aromatic heterocycles. The first-order valence-corrected chi connectivity index (χ1v) is 9.10. The second-order valence-corrected chi connectivity index (χ2v) is 7.02. The number of carboxylic acids is 1. The molecule has 7 nitrogen and oxygen atoms in total. The smallest absolute Gasteiger partial charge is 0.339 e. The number of hydrogen-bond acceptors (Lipinski definition) is 5. The number of carboxylic acid groups (broad SMARTS) is 1. The van der Waals surface area contributed by atoms with Crippen molar-refractivity contribution in [1.82, 2.24) is 10.3 Å². The molecule has 0 spiro atoms. The Hall–Kier alpha value is -2.10. The number of carbonyl (C=O) groups excluding carboxylic acids is 1. The number of alkyl halides is 1. The number of benzene rings is 1. The maximum absolute atomic E-state index is 12.1. The molecular formula is C17H20IN3O4. The molecule has 0 unspecified atom stereocenters. The van der Waals surface area contributed by atoms with E-state index in [1.165, 1.54) is 0 Å². The predicted octanol–water partition coefficient (Wildman–Crippen LogP) is 2.74. The van der Waals surface area contributed by atoms with Gasteiger partial charge in [0.2, 0.25) is 5.91 Å². The van der Waals surface area contributed by atoms with E-state index < -0.39 is 11.4 Å². The minimum atomic E-state index is -1.14. The van der Waals surface area contributed by atoms with Crippen molar-refractivity contribution in [2.24, 2.45) is 5.41 Å². The summed E-state index contributed by atoms with van der Waals surface area (Å²) in [6.07, 6.45) is 0. The summed E-state index contributed by atoms with van der Waals surface area (Å²) in [5, 5.41) is 12.6. The Morgan fingerprint density at radius 1 is 1.40 bits per heavy atom. The maximum atomic E-state index is 12.1. The number of pyridine rings is 1. The minimum absolute atomic E-state index is 0.0366. The van der Waals surface area contributed by atoms with Gasteiger partial charge < -0.3 is 20.9 Å². The van der Waals surface area contributed by atoms with Gasteiger partial charge in [0.1, 0.15) is 17.9 Å². The Morgan fingerprint density at radius 3 is 2.68 bits per heavy atom. The molecule has 0 saturated heterocycles. The van der Waals surface area contributed by atoms with Gasteiger partial charge in [0.05, 0.1) is 32.3 Å². The van der Waals surface area contributed by atoms with Crippen molar-refractivity contribution in [2.75, 3.05) is 16.9 Å². The van der Waals surface area contributed by atoms with Crippen molar-refractivity contribution in [2.45, 2.75) is 20.8 Å². The van der Waals surface area contributed by atoms with Gasteiger partial charge in [-0.3, -0.25) is 9.78 Å². The topological polar surface area (TPSA) is 115 Å². The maximum Gasteiger partial charge on any atom is 0.339 e. The Bertz CT molecular complexity index is 836. The van der Waals surface area contributed by atoms with Crippen LogP contribution in [-0.2, 0) is 4.79 Å². The second kappa shape index (κ2) is 7.42. The van der Waals surface area contributed by atoms with Crippen LogP contribution in [0.5, 0.6) is 5.75 Å². The van der Waals surface area contributed by atoms with E-state index in [0.717, 1.165) is 0 Å². The standard InChI is InChI=1S/C17H20IN3O4/c1-9-12(15(22)23)14(19)13-10(21-9)5-4-6-11(13)25-7-17(2,3)16(24)20-8-18/h4-6H,7-8H2,1-3H3,(H2,19,21)(H,20,24)(H,22,23). The van der Waals surface area contributed by atoms with Crippen molar-refractivity contribution in [3.63, 3.8) is 0 Å². The quantitative estimate of drug-likeness (QED) is 0.349. The first-order valence-electron chi connectivity index (χ1n) is 7.58. The van der Waals surface area contributed by atoms with E-state index in [1.54, 1.807) is 39.0 Å². The monoisotopic (exact) mass is 457 g/mol. The number of aromatic carboxylic acids is 1. The number of nitrogens with two attached hydrogens (primary N) is 1. The first kappa shape index (κ1) is 19.2. The Morgan fingerprint density at radius 2 is 2.08 bits per heavy atom. The molecule has 0 saturated carbocycles. The molecule has 0 aliphatic carbocycles. The van der Waals surface area contributed by atoms with E-state index in [9.17, 15) is 14.7 Å². The van der Waals surface area contributed by atoms with E-state index in [-0.39, 0.29) is 23.8 Å². The molecule has 0 fully saturated rings. The van der Waals surface area contributed by atoms with Gasteiger partial charge in [-0.05, 0) is 32.9 Å². The third-order valence-corrected chi connectivity index (χ3v) is 4.22.